The van der Waals surface area contributed by atoms with Crippen molar-refractivity contribution >= 4 is 5.97 Å². The van der Waals surface area contributed by atoms with Gasteiger partial charge in [0.1, 0.15) is 11.7 Å². The Morgan fingerprint density at radius 3 is 2.32 bits per heavy atom. The van der Waals surface area contributed by atoms with E-state index < -0.39 is 17.7 Å². The summed E-state index contributed by atoms with van der Waals surface area (Å²) in [6, 6.07) is 8.29. The lowest BCUT2D eigenvalue weighted by molar-refractivity contribution is -0.151. The Balaban J connectivity index is 2.82. The Morgan fingerprint density at radius 1 is 1.37 bits per heavy atom. The first-order valence-corrected chi connectivity index (χ1v) is 5.85. The predicted molar refractivity (Wildman–Crippen MR) is 71.1 cm³/mol. The summed E-state index contributed by atoms with van der Waals surface area (Å²) in [6.07, 6.45) is -1.14. The maximum absolute atomic E-state index is 11.8. The third kappa shape index (κ3) is 4.23. The highest BCUT2D eigenvalue weighted by Crippen LogP contribution is 2.23. The quantitative estimate of drug-likeness (QED) is 0.668. The van der Waals surface area contributed by atoms with Crippen LogP contribution in [-0.4, -0.2) is 16.7 Å². The van der Waals surface area contributed by atoms with Crippen molar-refractivity contribution in [2.75, 3.05) is 0 Å². The maximum atomic E-state index is 11.8. The van der Waals surface area contributed by atoms with E-state index in [9.17, 15) is 9.90 Å². The molecule has 0 saturated heterocycles. The number of nitriles is 1. The topological polar surface area (TPSA) is 70.3 Å². The third-order valence-corrected chi connectivity index (χ3v) is 2.35. The molecule has 1 rings (SSSR count). The zero-order valence-electron chi connectivity index (χ0n) is 11.3. The molecule has 0 fully saturated rings. The molecule has 1 aromatic carbocycles. The number of esters is 1. The first-order valence-electron chi connectivity index (χ1n) is 5.85. The van der Waals surface area contributed by atoms with Gasteiger partial charge in [-0.05, 0) is 38.5 Å². The van der Waals surface area contributed by atoms with E-state index in [1.807, 2.05) is 6.07 Å². The molecule has 0 aliphatic rings. The smallest absolute Gasteiger partial charge is 0.336 e. The fraction of sp³-hybridized carbons (Fsp3) is 0.333. The van der Waals surface area contributed by atoms with Gasteiger partial charge in [0.25, 0.3) is 0 Å². The van der Waals surface area contributed by atoms with Crippen molar-refractivity contribution in [1.29, 1.82) is 5.26 Å². The zero-order chi connectivity index (χ0) is 14.6. The molecule has 0 aliphatic carbocycles. The number of carbonyl (C=O) groups excluding carboxylic acids is 1. The van der Waals surface area contributed by atoms with E-state index in [0.29, 0.717) is 11.1 Å². The van der Waals surface area contributed by atoms with Gasteiger partial charge in [-0.15, -0.1) is 0 Å². The second-order valence-corrected chi connectivity index (χ2v) is 5.16. The number of rotatable bonds is 3. The molecule has 4 nitrogen and oxygen atoms in total. The van der Waals surface area contributed by atoms with Crippen LogP contribution in [0.1, 0.15) is 38.0 Å². The normalized spacial score (nSPS) is 12.4. The number of ether oxygens (including phenoxy) is 1. The van der Waals surface area contributed by atoms with Crippen LogP contribution in [0.2, 0.25) is 0 Å². The van der Waals surface area contributed by atoms with E-state index in [1.165, 1.54) is 0 Å². The number of hydrogen-bond acceptors (Lipinski definition) is 4. The molecule has 0 bridgehead atoms. The summed E-state index contributed by atoms with van der Waals surface area (Å²) in [6.45, 7) is 8.80. The molecule has 1 unspecified atom stereocenters. The molecule has 0 aromatic heterocycles. The van der Waals surface area contributed by atoms with Gasteiger partial charge in [-0.25, -0.2) is 4.79 Å². The predicted octanol–water partition coefficient (Wildman–Crippen LogP) is 2.49. The highest BCUT2D eigenvalue weighted by molar-refractivity contribution is 5.89. The molecular weight excluding hydrogens is 242 g/mol. The van der Waals surface area contributed by atoms with Gasteiger partial charge in [0, 0.05) is 0 Å². The van der Waals surface area contributed by atoms with Crippen LogP contribution in [0.4, 0.5) is 0 Å². The minimum absolute atomic E-state index is 0.0281. The lowest BCUT2D eigenvalue weighted by atomic mass is 10.0. The van der Waals surface area contributed by atoms with Crippen LogP contribution in [0.25, 0.3) is 0 Å². The molecule has 0 saturated carbocycles. The maximum Gasteiger partial charge on any atom is 0.336 e. The van der Waals surface area contributed by atoms with Crippen molar-refractivity contribution in [3.05, 3.63) is 47.5 Å². The largest absolute Gasteiger partial charge is 0.457 e. The fourth-order valence-corrected chi connectivity index (χ4v) is 1.40. The van der Waals surface area contributed by atoms with Crippen LogP contribution in [0.5, 0.6) is 0 Å². The van der Waals surface area contributed by atoms with Gasteiger partial charge in [-0.3, -0.25) is 0 Å². The van der Waals surface area contributed by atoms with Crippen LogP contribution in [-0.2, 0) is 9.53 Å². The first kappa shape index (κ1) is 14.9. The molecule has 100 valence electrons. The van der Waals surface area contributed by atoms with E-state index in [-0.39, 0.29) is 5.57 Å². The van der Waals surface area contributed by atoms with Gasteiger partial charge in [-0.2, -0.15) is 5.26 Å². The molecule has 0 heterocycles. The van der Waals surface area contributed by atoms with Gasteiger partial charge < -0.3 is 9.84 Å². The minimum atomic E-state index is -1.14. The van der Waals surface area contributed by atoms with Crippen molar-refractivity contribution in [2.24, 2.45) is 0 Å². The lowest BCUT2D eigenvalue weighted by Crippen LogP contribution is -2.26. The number of nitrogens with zero attached hydrogens (tertiary/aromatic N) is 1. The summed E-state index contributed by atoms with van der Waals surface area (Å²) in [5.41, 5.74) is 0.318. The fourth-order valence-electron chi connectivity index (χ4n) is 1.40. The summed E-state index contributed by atoms with van der Waals surface area (Å²) in [7, 11) is 0. The van der Waals surface area contributed by atoms with Crippen LogP contribution in [0.3, 0.4) is 0 Å². The highest BCUT2D eigenvalue weighted by atomic mass is 16.6. The molecule has 0 spiro atoms. The SMILES string of the molecule is C=C(C(=O)OC(C)(C)C)C(O)c1ccc(C#N)cc1. The van der Waals surface area contributed by atoms with Crippen molar-refractivity contribution < 1.29 is 14.6 Å². The number of aliphatic hydroxyl groups excluding tert-OH is 1. The molecule has 4 heteroatoms. The molecule has 0 amide bonds. The van der Waals surface area contributed by atoms with Gasteiger partial charge >= 0.3 is 5.97 Å². The van der Waals surface area contributed by atoms with E-state index in [0.717, 1.165) is 0 Å². The number of carbonyl (C=O) groups is 1. The Hall–Kier alpha value is -2.12. The second kappa shape index (κ2) is 5.68. The average molecular weight is 259 g/mol. The minimum Gasteiger partial charge on any atom is -0.457 e. The number of benzene rings is 1. The lowest BCUT2D eigenvalue weighted by Gasteiger charge is -2.22. The van der Waals surface area contributed by atoms with Crippen molar-refractivity contribution in [3.63, 3.8) is 0 Å². The van der Waals surface area contributed by atoms with Crippen LogP contribution >= 0.6 is 0 Å². The van der Waals surface area contributed by atoms with E-state index in [1.54, 1.807) is 45.0 Å². The molecule has 1 N–H and O–H groups in total. The van der Waals surface area contributed by atoms with Gasteiger partial charge in [0.05, 0.1) is 17.2 Å². The second-order valence-electron chi connectivity index (χ2n) is 5.16. The van der Waals surface area contributed by atoms with Gasteiger partial charge in [-0.1, -0.05) is 18.7 Å². The molecular formula is C15H17NO3. The van der Waals surface area contributed by atoms with Gasteiger partial charge in [0.2, 0.25) is 0 Å². The van der Waals surface area contributed by atoms with Crippen molar-refractivity contribution in [3.8, 4) is 6.07 Å². The third-order valence-electron chi connectivity index (χ3n) is 2.35. The summed E-state index contributed by atoms with van der Waals surface area (Å²) >= 11 is 0. The molecule has 19 heavy (non-hydrogen) atoms. The van der Waals surface area contributed by atoms with Crippen molar-refractivity contribution in [2.45, 2.75) is 32.5 Å². The Bertz CT molecular complexity index is 518. The molecule has 0 aliphatic heterocycles. The van der Waals surface area contributed by atoms with E-state index >= 15 is 0 Å². The van der Waals surface area contributed by atoms with E-state index in [4.69, 9.17) is 10.00 Å². The van der Waals surface area contributed by atoms with E-state index in [2.05, 4.69) is 6.58 Å². The molecule has 1 aromatic rings. The summed E-state index contributed by atoms with van der Waals surface area (Å²) < 4.78 is 5.14. The standard InChI is InChI=1S/C15H17NO3/c1-10(14(18)19-15(2,3)4)13(17)12-7-5-11(9-16)6-8-12/h5-8,13,17H,1H2,2-4H3. The molecule has 0 radical (unpaired) electrons. The highest BCUT2D eigenvalue weighted by Gasteiger charge is 2.24. The Morgan fingerprint density at radius 2 is 1.89 bits per heavy atom. The van der Waals surface area contributed by atoms with Crippen molar-refractivity contribution in [1.82, 2.24) is 0 Å². The summed E-state index contributed by atoms with van der Waals surface area (Å²) in [5.74, 6) is -0.635. The monoisotopic (exact) mass is 259 g/mol. The number of hydrogen-bond donors (Lipinski definition) is 1. The Kier molecular flexibility index (Phi) is 4.47. The summed E-state index contributed by atoms with van der Waals surface area (Å²) in [4.78, 5) is 11.8. The van der Waals surface area contributed by atoms with Crippen LogP contribution < -0.4 is 0 Å². The summed E-state index contributed by atoms with van der Waals surface area (Å²) in [5, 5.41) is 18.7. The first-order chi connectivity index (χ1) is 8.74. The Labute approximate surface area is 112 Å². The number of aliphatic hydroxyl groups is 1. The zero-order valence-corrected chi connectivity index (χ0v) is 11.3. The average Bonchev–Trinajstić information content (AvgIpc) is 2.35. The van der Waals surface area contributed by atoms with Crippen LogP contribution in [0.15, 0.2) is 36.4 Å². The van der Waals surface area contributed by atoms with Crippen LogP contribution in [0, 0.1) is 11.3 Å². The van der Waals surface area contributed by atoms with Gasteiger partial charge in [0.15, 0.2) is 0 Å². The molecule has 1 atom stereocenters.